The van der Waals surface area contributed by atoms with E-state index in [1.54, 1.807) is 6.92 Å². The van der Waals surface area contributed by atoms with E-state index in [2.05, 4.69) is 5.32 Å². The Hall–Kier alpha value is -2.34. The maximum atomic E-state index is 12.1. The van der Waals surface area contributed by atoms with Gasteiger partial charge in [0.25, 0.3) is 0 Å². The molecule has 1 aromatic carbocycles. The van der Waals surface area contributed by atoms with Crippen LogP contribution in [-0.2, 0) is 28.9 Å². The normalized spacial score (nSPS) is 18.5. The summed E-state index contributed by atoms with van der Waals surface area (Å²) in [6, 6.07) is 11.5. The van der Waals surface area contributed by atoms with Gasteiger partial charge in [-0.3, -0.25) is 0 Å². The van der Waals surface area contributed by atoms with E-state index >= 15 is 0 Å². The van der Waals surface area contributed by atoms with Crippen molar-refractivity contribution in [2.75, 3.05) is 6.61 Å². The van der Waals surface area contributed by atoms with Crippen LogP contribution in [0.15, 0.2) is 36.4 Å². The molecule has 1 unspecified atom stereocenters. The van der Waals surface area contributed by atoms with Crippen LogP contribution < -0.4 is 5.32 Å². The number of amides is 1. The standard InChI is InChI=1S/C19H21NO4S/c1-3-23-17(21)15-9-14-10-19(2,11-16(14)25-15)20-18(22)24-12-13-7-5-4-6-8-13/h4-9H,3,10-12H2,1-2H3,(H,20,22). The lowest BCUT2D eigenvalue weighted by molar-refractivity contribution is 0.0531. The highest BCUT2D eigenvalue weighted by atomic mass is 32.1. The van der Waals surface area contributed by atoms with Crippen molar-refractivity contribution in [3.63, 3.8) is 0 Å². The first kappa shape index (κ1) is 17.5. The first-order chi connectivity index (χ1) is 12.0. The van der Waals surface area contributed by atoms with Crippen LogP contribution in [0.1, 0.15) is 39.5 Å². The number of carbonyl (C=O) groups excluding carboxylic acids is 2. The molecule has 1 aliphatic carbocycles. The van der Waals surface area contributed by atoms with E-state index in [1.807, 2.05) is 43.3 Å². The summed E-state index contributed by atoms with van der Waals surface area (Å²) in [5.41, 5.74) is 1.66. The van der Waals surface area contributed by atoms with Crippen LogP contribution in [0.3, 0.4) is 0 Å². The van der Waals surface area contributed by atoms with Crippen molar-refractivity contribution in [1.29, 1.82) is 0 Å². The third-order valence-corrected chi connectivity index (χ3v) is 5.28. The van der Waals surface area contributed by atoms with Crippen LogP contribution in [0.25, 0.3) is 0 Å². The van der Waals surface area contributed by atoms with Gasteiger partial charge in [0, 0.05) is 16.8 Å². The number of ether oxygens (including phenoxy) is 2. The molecule has 3 rings (SSSR count). The summed E-state index contributed by atoms with van der Waals surface area (Å²) in [6.07, 6.45) is 0.943. The van der Waals surface area contributed by atoms with Crippen molar-refractivity contribution in [3.8, 4) is 0 Å². The Labute approximate surface area is 151 Å². The van der Waals surface area contributed by atoms with Crippen LogP contribution >= 0.6 is 11.3 Å². The maximum absolute atomic E-state index is 12.1. The average Bonchev–Trinajstić information content (AvgIpc) is 3.09. The summed E-state index contributed by atoms with van der Waals surface area (Å²) < 4.78 is 10.3. The molecular weight excluding hydrogens is 338 g/mol. The highest BCUT2D eigenvalue weighted by Gasteiger charge is 2.37. The first-order valence-electron chi connectivity index (χ1n) is 8.27. The topological polar surface area (TPSA) is 64.6 Å². The lowest BCUT2D eigenvalue weighted by Crippen LogP contribution is -2.47. The lowest BCUT2D eigenvalue weighted by Gasteiger charge is -2.25. The maximum Gasteiger partial charge on any atom is 0.407 e. The van der Waals surface area contributed by atoms with Crippen molar-refractivity contribution >= 4 is 23.4 Å². The highest BCUT2D eigenvalue weighted by Crippen LogP contribution is 2.36. The fourth-order valence-corrected chi connectivity index (χ4v) is 4.26. The molecule has 1 N–H and O–H groups in total. The summed E-state index contributed by atoms with van der Waals surface area (Å²) in [5, 5.41) is 2.96. The Kier molecular flexibility index (Phi) is 5.08. The molecule has 132 valence electrons. The number of thiophene rings is 1. The van der Waals surface area contributed by atoms with Crippen LogP contribution in [0.2, 0.25) is 0 Å². The van der Waals surface area contributed by atoms with E-state index in [-0.39, 0.29) is 18.1 Å². The first-order valence-corrected chi connectivity index (χ1v) is 9.08. The SMILES string of the molecule is CCOC(=O)c1cc2c(s1)CC(C)(NC(=O)OCc1ccccc1)C2. The van der Waals surface area contributed by atoms with E-state index < -0.39 is 6.09 Å². The van der Waals surface area contributed by atoms with E-state index in [4.69, 9.17) is 9.47 Å². The molecule has 1 aliphatic rings. The number of hydrogen-bond donors (Lipinski definition) is 1. The molecule has 0 aliphatic heterocycles. The quantitative estimate of drug-likeness (QED) is 0.827. The van der Waals surface area contributed by atoms with Crippen molar-refractivity contribution in [1.82, 2.24) is 5.32 Å². The van der Waals surface area contributed by atoms with E-state index in [1.165, 1.54) is 11.3 Å². The number of benzene rings is 1. The van der Waals surface area contributed by atoms with Gasteiger partial charge in [-0.25, -0.2) is 9.59 Å². The molecular formula is C19H21NO4S. The second-order valence-electron chi connectivity index (χ2n) is 6.38. The number of alkyl carbamates (subject to hydrolysis) is 1. The Balaban J connectivity index is 1.55. The Morgan fingerprint density at radius 3 is 2.64 bits per heavy atom. The molecule has 1 heterocycles. The third-order valence-electron chi connectivity index (χ3n) is 4.12. The van der Waals surface area contributed by atoms with E-state index in [0.29, 0.717) is 24.3 Å². The molecule has 2 aromatic rings. The molecule has 0 bridgehead atoms. The molecule has 0 saturated heterocycles. The molecule has 6 heteroatoms. The predicted octanol–water partition coefficient (Wildman–Crippen LogP) is 3.71. The van der Waals surface area contributed by atoms with Crippen LogP contribution in [0, 0.1) is 0 Å². The van der Waals surface area contributed by atoms with Gasteiger partial charge in [-0.15, -0.1) is 11.3 Å². The molecule has 5 nitrogen and oxygen atoms in total. The Bertz CT molecular complexity index is 745. The summed E-state index contributed by atoms with van der Waals surface area (Å²) in [5.74, 6) is -0.279. The zero-order valence-corrected chi connectivity index (χ0v) is 15.2. The fourth-order valence-electron chi connectivity index (χ4n) is 3.00. The second kappa shape index (κ2) is 7.27. The van der Waals surface area contributed by atoms with Crippen molar-refractivity contribution in [2.45, 2.75) is 38.8 Å². The van der Waals surface area contributed by atoms with E-state index in [9.17, 15) is 9.59 Å². The van der Waals surface area contributed by atoms with E-state index in [0.717, 1.165) is 16.0 Å². The van der Waals surface area contributed by atoms with Gasteiger partial charge in [-0.2, -0.15) is 0 Å². The van der Waals surface area contributed by atoms with Gasteiger partial charge >= 0.3 is 12.1 Å². The zero-order chi connectivity index (χ0) is 17.9. The van der Waals surface area contributed by atoms with Crippen molar-refractivity contribution in [2.24, 2.45) is 0 Å². The third kappa shape index (κ3) is 4.20. The second-order valence-corrected chi connectivity index (χ2v) is 7.52. The average molecular weight is 359 g/mol. The number of rotatable bonds is 5. The molecule has 1 amide bonds. The van der Waals surface area contributed by atoms with Crippen molar-refractivity contribution < 1.29 is 19.1 Å². The van der Waals surface area contributed by atoms with Gasteiger partial charge in [0.05, 0.1) is 6.61 Å². The monoisotopic (exact) mass is 359 g/mol. The highest BCUT2D eigenvalue weighted by molar-refractivity contribution is 7.14. The number of nitrogens with one attached hydrogen (secondary N) is 1. The Morgan fingerprint density at radius 2 is 1.96 bits per heavy atom. The summed E-state index contributed by atoms with van der Waals surface area (Å²) >= 11 is 1.44. The minimum atomic E-state index is -0.424. The zero-order valence-electron chi connectivity index (χ0n) is 14.3. The largest absolute Gasteiger partial charge is 0.462 e. The Morgan fingerprint density at radius 1 is 1.20 bits per heavy atom. The molecule has 0 radical (unpaired) electrons. The predicted molar refractivity (Wildman–Crippen MR) is 95.9 cm³/mol. The molecule has 0 fully saturated rings. The molecule has 0 spiro atoms. The van der Waals surface area contributed by atoms with Gasteiger partial charge in [-0.05, 0) is 37.5 Å². The number of esters is 1. The van der Waals surface area contributed by atoms with Gasteiger partial charge in [0.2, 0.25) is 0 Å². The van der Waals surface area contributed by atoms with Crippen LogP contribution in [0.4, 0.5) is 4.79 Å². The fraction of sp³-hybridized carbons (Fsp3) is 0.368. The van der Waals surface area contributed by atoms with Crippen LogP contribution in [0.5, 0.6) is 0 Å². The van der Waals surface area contributed by atoms with Crippen molar-refractivity contribution in [3.05, 3.63) is 57.3 Å². The van der Waals surface area contributed by atoms with Gasteiger partial charge in [-0.1, -0.05) is 30.3 Å². The van der Waals surface area contributed by atoms with Gasteiger partial charge in [0.15, 0.2) is 0 Å². The molecule has 1 aromatic heterocycles. The van der Waals surface area contributed by atoms with Gasteiger partial charge < -0.3 is 14.8 Å². The summed E-state index contributed by atoms with van der Waals surface area (Å²) in [4.78, 5) is 25.7. The van der Waals surface area contributed by atoms with Crippen LogP contribution in [-0.4, -0.2) is 24.2 Å². The lowest BCUT2D eigenvalue weighted by atomic mass is 9.99. The number of carbonyl (C=O) groups is 2. The number of fused-ring (bicyclic) bond motifs is 1. The smallest absolute Gasteiger partial charge is 0.407 e. The molecule has 1 atom stereocenters. The molecule has 25 heavy (non-hydrogen) atoms. The number of hydrogen-bond acceptors (Lipinski definition) is 5. The molecule has 0 saturated carbocycles. The minimum Gasteiger partial charge on any atom is -0.462 e. The minimum absolute atomic E-state index is 0.248. The summed E-state index contributed by atoms with van der Waals surface area (Å²) in [6.45, 7) is 4.40. The summed E-state index contributed by atoms with van der Waals surface area (Å²) in [7, 11) is 0. The van der Waals surface area contributed by atoms with Gasteiger partial charge in [0.1, 0.15) is 11.5 Å².